The number of hydrogen-bond acceptors (Lipinski definition) is 5. The quantitative estimate of drug-likeness (QED) is 0.577. The zero-order chi connectivity index (χ0) is 21.6. The van der Waals surface area contributed by atoms with Gasteiger partial charge in [-0.1, -0.05) is 44.2 Å². The lowest BCUT2D eigenvalue weighted by Crippen LogP contribution is -2.34. The van der Waals surface area contributed by atoms with Gasteiger partial charge in [0.05, 0.1) is 5.56 Å². The maximum Gasteiger partial charge on any atom is 0.252 e. The largest absolute Gasteiger partial charge is 0.351 e. The average Bonchev–Trinajstić information content (AvgIpc) is 3.43. The van der Waals surface area contributed by atoms with Gasteiger partial charge in [-0.25, -0.2) is 0 Å². The third-order valence-corrected chi connectivity index (χ3v) is 6.19. The lowest BCUT2D eigenvalue weighted by molar-refractivity contribution is 0.0948. The predicted octanol–water partition coefficient (Wildman–Crippen LogP) is 2.79. The van der Waals surface area contributed by atoms with Crippen LogP contribution in [0.15, 0.2) is 48.7 Å². The minimum absolute atomic E-state index is 0.0502. The molecule has 1 atom stereocenters. The summed E-state index contributed by atoms with van der Waals surface area (Å²) in [6.07, 6.45) is 2.94. The number of carbonyl (C=O) groups excluding carboxylic acids is 1. The molecule has 7 nitrogen and oxygen atoms in total. The number of likely N-dealkylation sites (N-methyl/N-ethyl adjacent to an activating group) is 1. The molecule has 4 rings (SSSR count). The Kier molecular flexibility index (Phi) is 6.94. The van der Waals surface area contributed by atoms with Crippen molar-refractivity contribution in [3.05, 3.63) is 65.6 Å². The molecule has 1 aliphatic rings. The first-order chi connectivity index (χ1) is 15.2. The Hall–Kier alpha value is -2.77. The number of pyridine rings is 1. The smallest absolute Gasteiger partial charge is 0.252 e. The monoisotopic (exact) mass is 420 g/mol. The number of benzene rings is 1. The minimum atomic E-state index is -0.0502. The summed E-state index contributed by atoms with van der Waals surface area (Å²) >= 11 is 0. The topological polar surface area (TPSA) is 65.8 Å². The maximum absolute atomic E-state index is 12.7. The van der Waals surface area contributed by atoms with Gasteiger partial charge >= 0.3 is 0 Å². The molecule has 1 unspecified atom stereocenters. The van der Waals surface area contributed by atoms with Crippen LogP contribution in [0.4, 0.5) is 0 Å². The molecule has 1 aliphatic heterocycles. The van der Waals surface area contributed by atoms with Crippen LogP contribution >= 0.6 is 0 Å². The second-order valence-electron chi connectivity index (χ2n) is 8.19. The molecular formula is C24H32N6O. The number of hydrogen-bond donors (Lipinski definition) is 1. The highest BCUT2D eigenvalue weighted by Gasteiger charge is 2.27. The molecule has 7 heteroatoms. The molecule has 0 saturated carbocycles. The van der Waals surface area contributed by atoms with E-state index in [0.29, 0.717) is 18.0 Å². The average molecular weight is 421 g/mol. The molecule has 0 spiro atoms. The van der Waals surface area contributed by atoms with Gasteiger partial charge in [0.2, 0.25) is 0 Å². The highest BCUT2D eigenvalue weighted by atomic mass is 16.1. The fourth-order valence-corrected chi connectivity index (χ4v) is 4.32. The van der Waals surface area contributed by atoms with Crippen molar-refractivity contribution in [3.63, 3.8) is 0 Å². The van der Waals surface area contributed by atoms with Gasteiger partial charge in [-0.2, -0.15) is 0 Å². The molecule has 1 saturated heterocycles. The van der Waals surface area contributed by atoms with E-state index < -0.39 is 0 Å². The zero-order valence-electron chi connectivity index (χ0n) is 18.5. The first-order valence-electron chi connectivity index (χ1n) is 11.3. The lowest BCUT2D eigenvalue weighted by Gasteiger charge is -2.18. The van der Waals surface area contributed by atoms with Crippen molar-refractivity contribution in [2.24, 2.45) is 0 Å². The minimum Gasteiger partial charge on any atom is -0.351 e. The van der Waals surface area contributed by atoms with Crippen LogP contribution in [0.25, 0.3) is 5.65 Å². The van der Waals surface area contributed by atoms with E-state index in [1.54, 1.807) is 0 Å². The SMILES string of the molecule is CCN(CC)CCNC(=O)c1ccc2nnc(C3CCN(Cc4ccccc4)C3)n2c1. The Balaban J connectivity index is 1.42. The summed E-state index contributed by atoms with van der Waals surface area (Å²) in [6, 6.07) is 14.3. The summed E-state index contributed by atoms with van der Waals surface area (Å²) in [6.45, 7) is 10.7. The van der Waals surface area contributed by atoms with Crippen LogP contribution in [-0.2, 0) is 6.54 Å². The van der Waals surface area contributed by atoms with Crippen LogP contribution in [0.5, 0.6) is 0 Å². The molecule has 0 bridgehead atoms. The second kappa shape index (κ2) is 10.0. The fraction of sp³-hybridized carbons (Fsp3) is 0.458. The van der Waals surface area contributed by atoms with Crippen LogP contribution in [0.2, 0.25) is 0 Å². The van der Waals surface area contributed by atoms with E-state index in [1.807, 2.05) is 22.7 Å². The van der Waals surface area contributed by atoms with Crippen LogP contribution in [0.3, 0.4) is 0 Å². The number of fused-ring (bicyclic) bond motifs is 1. The second-order valence-corrected chi connectivity index (χ2v) is 8.19. The van der Waals surface area contributed by atoms with Gasteiger partial charge in [0, 0.05) is 38.3 Å². The summed E-state index contributed by atoms with van der Waals surface area (Å²) < 4.78 is 2.00. The van der Waals surface area contributed by atoms with Crippen LogP contribution in [-0.4, -0.2) is 69.6 Å². The third-order valence-electron chi connectivity index (χ3n) is 6.19. The van der Waals surface area contributed by atoms with Crippen molar-refractivity contribution in [2.45, 2.75) is 32.7 Å². The predicted molar refractivity (Wildman–Crippen MR) is 122 cm³/mol. The highest BCUT2D eigenvalue weighted by molar-refractivity contribution is 5.94. The molecule has 0 aliphatic carbocycles. The van der Waals surface area contributed by atoms with Crippen molar-refractivity contribution in [3.8, 4) is 0 Å². The number of nitrogens with zero attached hydrogens (tertiary/aromatic N) is 5. The molecule has 2 aromatic heterocycles. The first kappa shape index (κ1) is 21.5. The van der Waals surface area contributed by atoms with Crippen LogP contribution in [0, 0.1) is 0 Å². The van der Waals surface area contributed by atoms with E-state index in [1.165, 1.54) is 5.56 Å². The Morgan fingerprint density at radius 3 is 2.71 bits per heavy atom. The van der Waals surface area contributed by atoms with E-state index in [4.69, 9.17) is 0 Å². The summed E-state index contributed by atoms with van der Waals surface area (Å²) in [5.74, 6) is 1.22. The van der Waals surface area contributed by atoms with Gasteiger partial charge in [-0.3, -0.25) is 14.1 Å². The maximum atomic E-state index is 12.7. The van der Waals surface area contributed by atoms with Gasteiger partial charge in [0.1, 0.15) is 5.82 Å². The van der Waals surface area contributed by atoms with Gasteiger partial charge in [0.15, 0.2) is 5.65 Å². The Bertz CT molecular complexity index is 998. The van der Waals surface area contributed by atoms with Gasteiger partial charge in [0.25, 0.3) is 5.91 Å². The molecule has 164 valence electrons. The van der Waals surface area contributed by atoms with Crippen LogP contribution < -0.4 is 5.32 Å². The van der Waals surface area contributed by atoms with Crippen molar-refractivity contribution in [2.75, 3.05) is 39.3 Å². The number of likely N-dealkylation sites (tertiary alicyclic amines) is 1. The molecule has 1 N–H and O–H groups in total. The molecule has 31 heavy (non-hydrogen) atoms. The van der Waals surface area contributed by atoms with Crippen molar-refractivity contribution < 1.29 is 4.79 Å². The van der Waals surface area contributed by atoms with Gasteiger partial charge < -0.3 is 10.2 Å². The van der Waals surface area contributed by atoms with Crippen molar-refractivity contribution >= 4 is 11.6 Å². The summed E-state index contributed by atoms with van der Waals surface area (Å²) in [5, 5.41) is 11.8. The van der Waals surface area contributed by atoms with E-state index in [-0.39, 0.29) is 5.91 Å². The lowest BCUT2D eigenvalue weighted by atomic mass is 10.1. The fourth-order valence-electron chi connectivity index (χ4n) is 4.32. The number of nitrogens with one attached hydrogen (secondary N) is 1. The number of rotatable bonds is 9. The Morgan fingerprint density at radius 1 is 1.13 bits per heavy atom. The van der Waals surface area contributed by atoms with Gasteiger partial charge in [-0.15, -0.1) is 10.2 Å². The van der Waals surface area contributed by atoms with Crippen LogP contribution in [0.1, 0.15) is 47.9 Å². The number of aromatic nitrogens is 3. The highest BCUT2D eigenvalue weighted by Crippen LogP contribution is 2.27. The summed E-state index contributed by atoms with van der Waals surface area (Å²) in [5.41, 5.74) is 2.77. The van der Waals surface area contributed by atoms with Crippen molar-refractivity contribution in [1.82, 2.24) is 29.7 Å². The van der Waals surface area contributed by atoms with E-state index in [2.05, 4.69) is 69.5 Å². The third kappa shape index (κ3) is 5.11. The molecule has 0 radical (unpaired) electrons. The van der Waals surface area contributed by atoms with E-state index in [0.717, 1.165) is 57.2 Å². The Morgan fingerprint density at radius 2 is 1.94 bits per heavy atom. The standard InChI is InChI=1S/C24H32N6O/c1-3-28(4-2)15-13-25-24(31)21-10-11-22-26-27-23(30(22)18-21)20-12-14-29(17-20)16-19-8-6-5-7-9-19/h5-11,18,20H,3-4,12-17H2,1-2H3,(H,25,31). The normalized spacial score (nSPS) is 16.9. The van der Waals surface area contributed by atoms with Gasteiger partial charge in [-0.05, 0) is 43.8 Å². The number of amides is 1. The molecular weight excluding hydrogens is 388 g/mol. The molecule has 1 amide bonds. The Labute approximate surface area is 184 Å². The molecule has 1 fully saturated rings. The zero-order valence-corrected chi connectivity index (χ0v) is 18.5. The number of carbonyl (C=O) groups is 1. The summed E-state index contributed by atoms with van der Waals surface area (Å²) in [4.78, 5) is 17.4. The molecule has 1 aromatic carbocycles. The summed E-state index contributed by atoms with van der Waals surface area (Å²) in [7, 11) is 0. The van der Waals surface area contributed by atoms with E-state index >= 15 is 0 Å². The molecule has 3 heterocycles. The van der Waals surface area contributed by atoms with E-state index in [9.17, 15) is 4.79 Å². The van der Waals surface area contributed by atoms with Crippen molar-refractivity contribution in [1.29, 1.82) is 0 Å². The first-order valence-corrected chi connectivity index (χ1v) is 11.3. The molecule has 3 aromatic rings.